The first-order valence-corrected chi connectivity index (χ1v) is 11.5. The zero-order valence-corrected chi connectivity index (χ0v) is 18.2. The molecule has 1 saturated carbocycles. The highest BCUT2D eigenvalue weighted by Gasteiger charge is 2.25. The van der Waals surface area contributed by atoms with Gasteiger partial charge in [-0.25, -0.2) is 19.3 Å². The molecule has 1 fully saturated rings. The minimum Gasteiger partial charge on any atom is -0.324 e. The highest BCUT2D eigenvalue weighted by atomic mass is 32.1. The minimum atomic E-state index is -0.270. The van der Waals surface area contributed by atoms with Gasteiger partial charge < -0.3 is 10.7 Å². The second kappa shape index (κ2) is 8.96. The van der Waals surface area contributed by atoms with E-state index in [1.165, 1.54) is 12.1 Å². The number of nitrogens with zero attached hydrogens (tertiary/aromatic N) is 3. The quantitative estimate of drug-likeness (QED) is 0.355. The summed E-state index contributed by atoms with van der Waals surface area (Å²) in [6.07, 6.45) is 5.27. The van der Waals surface area contributed by atoms with Gasteiger partial charge in [-0.1, -0.05) is 18.2 Å². The lowest BCUT2D eigenvalue weighted by atomic mass is 9.88. The maximum Gasteiger partial charge on any atom is 0.227 e. The van der Waals surface area contributed by atoms with E-state index in [1.807, 2.05) is 36.4 Å². The lowest BCUT2D eigenvalue weighted by molar-refractivity contribution is 0.562. The van der Waals surface area contributed by atoms with Gasteiger partial charge in [-0.2, -0.15) is 0 Å². The maximum atomic E-state index is 13.6. The second-order valence-electron chi connectivity index (χ2n) is 7.87. The third-order valence-corrected chi connectivity index (χ3v) is 6.86. The van der Waals surface area contributed by atoms with Gasteiger partial charge in [0.25, 0.3) is 0 Å². The van der Waals surface area contributed by atoms with Crippen LogP contribution in [0.15, 0.2) is 66.9 Å². The molecule has 0 atom stereocenters. The first kappa shape index (κ1) is 20.5. The molecule has 4 aromatic rings. The molecule has 0 spiro atoms. The van der Waals surface area contributed by atoms with Crippen LogP contribution in [0, 0.1) is 11.2 Å². The number of rotatable bonds is 5. The van der Waals surface area contributed by atoms with Gasteiger partial charge in [0.05, 0.1) is 21.3 Å². The van der Waals surface area contributed by atoms with Gasteiger partial charge in [-0.05, 0) is 68.1 Å². The topological polar surface area (TPSA) is 74.6 Å². The van der Waals surface area contributed by atoms with Crippen molar-refractivity contribution in [3.05, 3.63) is 77.7 Å². The third-order valence-electron chi connectivity index (χ3n) is 5.62. The number of hydrogen-bond acceptors (Lipinski definition) is 6. The summed E-state index contributed by atoms with van der Waals surface area (Å²) in [4.78, 5) is 15.1. The smallest absolute Gasteiger partial charge is 0.227 e. The predicted molar refractivity (Wildman–Crippen MR) is 127 cm³/mol. The van der Waals surface area contributed by atoms with Gasteiger partial charge in [-0.3, -0.25) is 0 Å². The van der Waals surface area contributed by atoms with Crippen LogP contribution in [0.3, 0.4) is 0 Å². The summed E-state index contributed by atoms with van der Waals surface area (Å²) in [5, 5.41) is 12.2. The largest absolute Gasteiger partial charge is 0.324 e. The van der Waals surface area contributed by atoms with Crippen molar-refractivity contribution in [2.45, 2.75) is 31.6 Å². The van der Waals surface area contributed by atoms with Gasteiger partial charge in [-0.15, -0.1) is 11.3 Å². The van der Waals surface area contributed by atoms with Crippen molar-refractivity contribution >= 4 is 28.7 Å². The molecule has 0 radical (unpaired) electrons. The van der Waals surface area contributed by atoms with E-state index in [1.54, 1.807) is 29.7 Å². The summed E-state index contributed by atoms with van der Waals surface area (Å²) in [5.41, 5.74) is 4.20. The van der Waals surface area contributed by atoms with Crippen LogP contribution in [0.1, 0.15) is 36.6 Å². The summed E-state index contributed by atoms with van der Waals surface area (Å²) < 4.78 is 13.6. The molecule has 0 saturated heterocycles. The second-order valence-corrected chi connectivity index (χ2v) is 8.90. The van der Waals surface area contributed by atoms with Crippen molar-refractivity contribution in [3.8, 4) is 21.8 Å². The molecule has 2 N–H and O–H groups in total. The Morgan fingerprint density at radius 2 is 1.69 bits per heavy atom. The Morgan fingerprint density at radius 1 is 0.938 bits per heavy atom. The van der Waals surface area contributed by atoms with Gasteiger partial charge in [0, 0.05) is 29.1 Å². The maximum absolute atomic E-state index is 13.6. The molecule has 5 rings (SSSR count). The van der Waals surface area contributed by atoms with Crippen LogP contribution < -0.4 is 5.32 Å². The molecule has 2 heterocycles. The molecule has 2 aromatic carbocycles. The Bertz CT molecular complexity index is 1230. The number of anilines is 2. The highest BCUT2D eigenvalue weighted by molar-refractivity contribution is 7.15. The standard InChI is InChI=1S/C25H22FN5S/c26-18-10-6-16(7-11-18)22-23(32-24(31-22)17-8-12-19(27)13-9-17)21-14-15-28-25(30-21)29-20-4-2-1-3-5-20/h1-7,10-11,14-15,17,27H,8-9,12-13H2,(H,28,29,30). The molecule has 0 aliphatic heterocycles. The molecule has 1 aliphatic rings. The van der Waals surface area contributed by atoms with Gasteiger partial charge in [0.15, 0.2) is 0 Å². The fraction of sp³-hybridized carbons (Fsp3) is 0.200. The summed E-state index contributed by atoms with van der Waals surface area (Å²) in [7, 11) is 0. The van der Waals surface area contributed by atoms with Crippen molar-refractivity contribution in [2.75, 3.05) is 5.32 Å². The summed E-state index contributed by atoms with van der Waals surface area (Å²) in [6.45, 7) is 0. The molecule has 0 bridgehead atoms. The molecule has 32 heavy (non-hydrogen) atoms. The molecular formula is C25H22FN5S. The number of hydrogen-bond donors (Lipinski definition) is 2. The van der Waals surface area contributed by atoms with E-state index in [2.05, 4.69) is 10.3 Å². The van der Waals surface area contributed by atoms with Crippen LogP contribution in [-0.4, -0.2) is 20.7 Å². The number of halogens is 1. The van der Waals surface area contributed by atoms with E-state index in [4.69, 9.17) is 15.4 Å². The highest BCUT2D eigenvalue weighted by Crippen LogP contribution is 2.42. The first-order chi connectivity index (χ1) is 15.7. The van der Waals surface area contributed by atoms with Crippen LogP contribution in [0.2, 0.25) is 0 Å². The SMILES string of the molecule is N=C1CCC(c2nc(-c3ccc(F)cc3)c(-c3ccnc(Nc4ccccc4)n3)s2)CC1. The lowest BCUT2D eigenvalue weighted by Crippen LogP contribution is -2.11. The fourth-order valence-corrected chi connectivity index (χ4v) is 5.12. The van der Waals surface area contributed by atoms with E-state index in [0.29, 0.717) is 11.9 Å². The monoisotopic (exact) mass is 443 g/mol. The summed E-state index contributed by atoms with van der Waals surface area (Å²) >= 11 is 1.64. The summed E-state index contributed by atoms with van der Waals surface area (Å²) in [6, 6.07) is 18.1. The number of thiazole rings is 1. The van der Waals surface area contributed by atoms with E-state index < -0.39 is 0 Å². The van der Waals surface area contributed by atoms with Crippen LogP contribution in [0.4, 0.5) is 16.0 Å². The molecule has 0 amide bonds. The predicted octanol–water partition coefficient (Wildman–Crippen LogP) is 6.83. The van der Waals surface area contributed by atoms with Crippen molar-refractivity contribution in [1.29, 1.82) is 5.41 Å². The number of aromatic nitrogens is 3. The fourth-order valence-electron chi connectivity index (χ4n) is 3.90. The lowest BCUT2D eigenvalue weighted by Gasteiger charge is -2.19. The van der Waals surface area contributed by atoms with Crippen molar-refractivity contribution < 1.29 is 4.39 Å². The van der Waals surface area contributed by atoms with Gasteiger partial charge in [0.2, 0.25) is 5.95 Å². The number of para-hydroxylation sites is 1. The van der Waals surface area contributed by atoms with E-state index in [0.717, 1.165) is 63.9 Å². The van der Waals surface area contributed by atoms with Crippen LogP contribution >= 0.6 is 11.3 Å². The Balaban J connectivity index is 1.54. The normalized spacial score (nSPS) is 16.2. The number of nitrogens with one attached hydrogen (secondary N) is 2. The van der Waals surface area contributed by atoms with Crippen molar-refractivity contribution in [2.24, 2.45) is 0 Å². The molecule has 2 aromatic heterocycles. The van der Waals surface area contributed by atoms with Crippen LogP contribution in [-0.2, 0) is 0 Å². The van der Waals surface area contributed by atoms with Crippen LogP contribution in [0.5, 0.6) is 0 Å². The Morgan fingerprint density at radius 3 is 2.44 bits per heavy atom. The molecule has 5 nitrogen and oxygen atoms in total. The van der Waals surface area contributed by atoms with Crippen LogP contribution in [0.25, 0.3) is 21.8 Å². The molecule has 1 aliphatic carbocycles. The Hall–Kier alpha value is -3.45. The zero-order chi connectivity index (χ0) is 21.9. The third kappa shape index (κ3) is 4.43. The van der Waals surface area contributed by atoms with E-state index >= 15 is 0 Å². The van der Waals surface area contributed by atoms with Gasteiger partial charge >= 0.3 is 0 Å². The van der Waals surface area contributed by atoms with E-state index in [-0.39, 0.29) is 5.82 Å². The average molecular weight is 444 g/mol. The minimum absolute atomic E-state index is 0.270. The number of benzene rings is 2. The Kier molecular flexibility index (Phi) is 5.73. The molecule has 160 valence electrons. The molecule has 0 unspecified atom stereocenters. The Labute approximate surface area is 189 Å². The molecule has 7 heteroatoms. The summed E-state index contributed by atoms with van der Waals surface area (Å²) in [5.74, 6) is 0.582. The van der Waals surface area contributed by atoms with Crippen molar-refractivity contribution in [3.63, 3.8) is 0 Å². The van der Waals surface area contributed by atoms with E-state index in [9.17, 15) is 4.39 Å². The van der Waals surface area contributed by atoms with Gasteiger partial charge in [0.1, 0.15) is 5.82 Å². The first-order valence-electron chi connectivity index (χ1n) is 10.6. The van der Waals surface area contributed by atoms with Crippen molar-refractivity contribution in [1.82, 2.24) is 15.0 Å². The molecular weight excluding hydrogens is 421 g/mol. The zero-order valence-electron chi connectivity index (χ0n) is 17.4. The average Bonchev–Trinajstić information content (AvgIpc) is 3.26.